The number of methoxy groups -OCH3 is 2. The summed E-state index contributed by atoms with van der Waals surface area (Å²) in [4.78, 5) is 26.7. The molecule has 1 aliphatic heterocycles. The first-order valence-electron chi connectivity index (χ1n) is 11.0. The smallest absolute Gasteiger partial charge is 0.322 e. The number of carbonyl (C=O) groups is 1. The molecular weight excluding hydrogens is 418 g/mol. The molecule has 1 aromatic heterocycles. The van der Waals surface area contributed by atoms with Crippen molar-refractivity contribution in [3.8, 4) is 22.9 Å². The van der Waals surface area contributed by atoms with Crippen molar-refractivity contribution in [2.45, 2.75) is 19.9 Å². The van der Waals surface area contributed by atoms with Crippen molar-refractivity contribution in [3.05, 3.63) is 59.8 Å². The summed E-state index contributed by atoms with van der Waals surface area (Å²) < 4.78 is 10.7. The predicted octanol–water partition coefficient (Wildman–Crippen LogP) is 4.21. The van der Waals surface area contributed by atoms with Gasteiger partial charge in [-0.15, -0.1) is 0 Å². The highest BCUT2D eigenvalue weighted by atomic mass is 16.5. The molecule has 1 aliphatic rings. The van der Waals surface area contributed by atoms with Crippen LogP contribution in [0, 0.1) is 0 Å². The second-order valence-corrected chi connectivity index (χ2v) is 7.84. The van der Waals surface area contributed by atoms with Crippen molar-refractivity contribution in [2.75, 3.05) is 44.6 Å². The lowest BCUT2D eigenvalue weighted by Crippen LogP contribution is -2.40. The van der Waals surface area contributed by atoms with Gasteiger partial charge in [0.15, 0.2) is 5.82 Å². The third kappa shape index (κ3) is 4.69. The lowest BCUT2D eigenvalue weighted by atomic mass is 10.0. The summed E-state index contributed by atoms with van der Waals surface area (Å²) in [7, 11) is 5.17. The number of nitrogens with one attached hydrogen (secondary N) is 1. The van der Waals surface area contributed by atoms with Crippen LogP contribution in [-0.4, -0.2) is 55.3 Å². The van der Waals surface area contributed by atoms with Crippen LogP contribution >= 0.6 is 0 Å². The van der Waals surface area contributed by atoms with E-state index >= 15 is 0 Å². The maximum Gasteiger partial charge on any atom is 0.322 e. The summed E-state index contributed by atoms with van der Waals surface area (Å²) in [6.45, 7) is 3.89. The Hall–Kier alpha value is -3.81. The van der Waals surface area contributed by atoms with Gasteiger partial charge in [-0.25, -0.2) is 14.8 Å². The number of carbonyl (C=O) groups excluding carboxylic acids is 1. The zero-order valence-corrected chi connectivity index (χ0v) is 19.5. The molecule has 0 saturated heterocycles. The number of benzene rings is 2. The molecule has 0 atom stereocenters. The normalized spacial score (nSPS) is 12.7. The average molecular weight is 448 g/mol. The van der Waals surface area contributed by atoms with E-state index in [2.05, 4.69) is 17.1 Å². The van der Waals surface area contributed by atoms with Crippen molar-refractivity contribution in [3.63, 3.8) is 0 Å². The number of urea groups is 1. The topological polar surface area (TPSA) is 79.8 Å². The number of hydrogen-bond acceptors (Lipinski definition) is 6. The first-order chi connectivity index (χ1) is 16.0. The van der Waals surface area contributed by atoms with E-state index in [1.54, 1.807) is 37.3 Å². The lowest BCUT2D eigenvalue weighted by molar-refractivity contribution is 0.206. The van der Waals surface area contributed by atoms with Gasteiger partial charge < -0.3 is 24.6 Å². The summed E-state index contributed by atoms with van der Waals surface area (Å²) in [5.41, 5.74) is 3.56. The number of nitrogens with zero attached hydrogens (tertiary/aromatic N) is 4. The lowest BCUT2D eigenvalue weighted by Gasteiger charge is -2.31. The van der Waals surface area contributed by atoms with Gasteiger partial charge in [-0.1, -0.05) is 30.3 Å². The molecule has 0 aliphatic carbocycles. The highest BCUT2D eigenvalue weighted by molar-refractivity contribution is 5.91. The van der Waals surface area contributed by atoms with E-state index < -0.39 is 0 Å². The monoisotopic (exact) mass is 447 g/mol. The van der Waals surface area contributed by atoms with Crippen molar-refractivity contribution in [1.82, 2.24) is 14.9 Å². The molecule has 2 amide bonds. The zero-order valence-electron chi connectivity index (χ0n) is 19.5. The molecule has 0 bridgehead atoms. The van der Waals surface area contributed by atoms with Gasteiger partial charge in [-0.2, -0.15) is 0 Å². The Balaban J connectivity index is 1.60. The molecule has 3 aromatic rings. The molecule has 0 unspecified atom stereocenters. The molecule has 8 heteroatoms. The van der Waals surface area contributed by atoms with Crippen LogP contribution in [0.5, 0.6) is 11.5 Å². The summed E-state index contributed by atoms with van der Waals surface area (Å²) in [5, 5.41) is 2.97. The van der Waals surface area contributed by atoms with E-state index in [-0.39, 0.29) is 6.03 Å². The minimum Gasteiger partial charge on any atom is -0.497 e. The molecule has 2 heterocycles. The van der Waals surface area contributed by atoms with Crippen LogP contribution in [0.25, 0.3) is 11.4 Å². The van der Waals surface area contributed by atoms with Crippen LogP contribution in [0.3, 0.4) is 0 Å². The molecule has 33 heavy (non-hydrogen) atoms. The van der Waals surface area contributed by atoms with Gasteiger partial charge in [0.1, 0.15) is 17.3 Å². The van der Waals surface area contributed by atoms with Gasteiger partial charge in [-0.05, 0) is 19.1 Å². The van der Waals surface area contributed by atoms with Crippen LogP contribution in [0.2, 0.25) is 0 Å². The van der Waals surface area contributed by atoms with Crippen molar-refractivity contribution < 1.29 is 14.3 Å². The molecule has 2 aromatic carbocycles. The number of aromatic nitrogens is 2. The van der Waals surface area contributed by atoms with Crippen LogP contribution in [0.4, 0.5) is 16.3 Å². The maximum atomic E-state index is 13.1. The Morgan fingerprint density at radius 3 is 2.61 bits per heavy atom. The Bertz CT molecular complexity index is 1140. The second-order valence-electron chi connectivity index (χ2n) is 7.84. The Labute approximate surface area is 194 Å². The summed E-state index contributed by atoms with van der Waals surface area (Å²) in [6.07, 6.45) is 0.662. The number of anilines is 2. The van der Waals surface area contributed by atoms with E-state index in [0.717, 1.165) is 29.2 Å². The third-order valence-electron chi connectivity index (χ3n) is 5.84. The molecule has 1 N–H and O–H groups in total. The molecule has 172 valence electrons. The average Bonchev–Trinajstić information content (AvgIpc) is 2.87. The third-order valence-corrected chi connectivity index (χ3v) is 5.84. The van der Waals surface area contributed by atoms with Crippen LogP contribution in [0.1, 0.15) is 18.2 Å². The summed E-state index contributed by atoms with van der Waals surface area (Å²) >= 11 is 0. The first kappa shape index (κ1) is 22.4. The van der Waals surface area contributed by atoms with E-state index in [1.165, 1.54) is 0 Å². The predicted molar refractivity (Wildman–Crippen MR) is 129 cm³/mol. The molecular formula is C25H29N5O3. The van der Waals surface area contributed by atoms with Crippen molar-refractivity contribution >= 4 is 17.5 Å². The number of fused-ring (bicyclic) bond motifs is 1. The van der Waals surface area contributed by atoms with Crippen LogP contribution < -0.4 is 19.7 Å². The van der Waals surface area contributed by atoms with E-state index in [0.29, 0.717) is 42.5 Å². The molecule has 0 fully saturated rings. The number of rotatable bonds is 6. The zero-order chi connectivity index (χ0) is 23.4. The van der Waals surface area contributed by atoms with Gasteiger partial charge in [0.05, 0.1) is 32.1 Å². The number of ether oxygens (including phenoxy) is 2. The van der Waals surface area contributed by atoms with Crippen molar-refractivity contribution in [1.29, 1.82) is 0 Å². The van der Waals surface area contributed by atoms with Crippen LogP contribution in [0.15, 0.2) is 48.5 Å². The van der Waals surface area contributed by atoms with E-state index in [4.69, 9.17) is 19.4 Å². The van der Waals surface area contributed by atoms with Crippen LogP contribution in [-0.2, 0) is 13.0 Å². The fourth-order valence-electron chi connectivity index (χ4n) is 3.85. The molecule has 0 spiro atoms. The molecule has 0 saturated carbocycles. The molecule has 0 radical (unpaired) electrons. The Kier molecular flexibility index (Phi) is 6.63. The number of amides is 2. The number of hydrogen-bond donors (Lipinski definition) is 1. The fourth-order valence-corrected chi connectivity index (χ4v) is 3.85. The fraction of sp³-hybridized carbons (Fsp3) is 0.320. The van der Waals surface area contributed by atoms with Gasteiger partial charge >= 0.3 is 6.03 Å². The summed E-state index contributed by atoms with van der Waals surface area (Å²) in [5.74, 6) is 2.78. The highest BCUT2D eigenvalue weighted by Gasteiger charge is 2.27. The second kappa shape index (κ2) is 9.77. The van der Waals surface area contributed by atoms with Crippen molar-refractivity contribution in [2.24, 2.45) is 0 Å². The quantitative estimate of drug-likeness (QED) is 0.610. The largest absolute Gasteiger partial charge is 0.497 e. The van der Waals surface area contributed by atoms with Gasteiger partial charge in [0.2, 0.25) is 0 Å². The Morgan fingerprint density at radius 1 is 1.12 bits per heavy atom. The van der Waals surface area contributed by atoms with Gasteiger partial charge in [-0.3, -0.25) is 0 Å². The molecule has 4 rings (SSSR count). The maximum absolute atomic E-state index is 13.1. The SMILES string of the molecule is CCN(C)c1nc(-c2ccccc2)nc2c1CN(C(=O)Nc1ccc(OC)cc1OC)CC2. The van der Waals surface area contributed by atoms with E-state index in [9.17, 15) is 4.79 Å². The standard InChI is InChI=1S/C25H29N5O3/c1-5-29(2)24-19-16-30(25(31)27-21-12-11-18(32-3)15-22(21)33-4)14-13-20(19)26-23(28-24)17-9-7-6-8-10-17/h6-12,15H,5,13-14,16H2,1-4H3,(H,27,31). The van der Waals surface area contributed by atoms with Gasteiger partial charge in [0, 0.05) is 43.8 Å². The summed E-state index contributed by atoms with van der Waals surface area (Å²) in [6, 6.07) is 15.1. The Morgan fingerprint density at radius 2 is 1.91 bits per heavy atom. The van der Waals surface area contributed by atoms with E-state index in [1.807, 2.05) is 37.4 Å². The minimum atomic E-state index is -0.193. The molecule has 8 nitrogen and oxygen atoms in total. The minimum absolute atomic E-state index is 0.193. The van der Waals surface area contributed by atoms with Gasteiger partial charge in [0.25, 0.3) is 0 Å². The first-order valence-corrected chi connectivity index (χ1v) is 11.0. The highest BCUT2D eigenvalue weighted by Crippen LogP contribution is 2.32.